The third-order valence-corrected chi connectivity index (χ3v) is 5.32. The zero-order valence-electron chi connectivity index (χ0n) is 10.9. The molecule has 0 bridgehead atoms. The van der Waals surface area contributed by atoms with Gasteiger partial charge in [-0.3, -0.25) is 0 Å². The third-order valence-electron chi connectivity index (χ3n) is 3.26. The van der Waals surface area contributed by atoms with Crippen LogP contribution >= 0.6 is 15.9 Å². The molecule has 1 N–H and O–H groups in total. The number of ether oxygens (including phenoxy) is 1. The normalized spacial score (nSPS) is 20.4. The lowest BCUT2D eigenvalue weighted by Crippen LogP contribution is -2.33. The minimum absolute atomic E-state index is 0.274. The van der Waals surface area contributed by atoms with Crippen LogP contribution in [0.4, 0.5) is 0 Å². The van der Waals surface area contributed by atoms with Gasteiger partial charge in [0, 0.05) is 17.6 Å². The Bertz CT molecular complexity index is 539. The number of rotatable bonds is 4. The molecule has 0 spiro atoms. The molecule has 4 nitrogen and oxygen atoms in total. The molecule has 0 aromatic heterocycles. The van der Waals surface area contributed by atoms with E-state index in [4.69, 9.17) is 4.74 Å². The number of benzene rings is 1. The first kappa shape index (κ1) is 15.0. The van der Waals surface area contributed by atoms with E-state index in [2.05, 4.69) is 20.7 Å². The first-order valence-electron chi connectivity index (χ1n) is 6.32. The highest BCUT2D eigenvalue weighted by Gasteiger charge is 2.20. The SMILES string of the molecule is Cc1ccc(Br)cc1S(=O)(=O)NCC1CCCOC1. The molecule has 0 radical (unpaired) electrons. The fourth-order valence-corrected chi connectivity index (χ4v) is 4.03. The molecule has 1 fully saturated rings. The fourth-order valence-electron chi connectivity index (χ4n) is 2.14. The van der Waals surface area contributed by atoms with Crippen LogP contribution in [0.2, 0.25) is 0 Å². The second kappa shape index (κ2) is 6.35. The van der Waals surface area contributed by atoms with Gasteiger partial charge >= 0.3 is 0 Å². The van der Waals surface area contributed by atoms with Crippen molar-refractivity contribution >= 4 is 26.0 Å². The molecule has 2 rings (SSSR count). The standard InChI is InChI=1S/C13H18BrNO3S/c1-10-4-5-12(14)7-13(10)19(16,17)15-8-11-3-2-6-18-9-11/h4-5,7,11,15H,2-3,6,8-9H2,1H3. The van der Waals surface area contributed by atoms with Crippen LogP contribution in [-0.2, 0) is 14.8 Å². The number of aryl methyl sites for hydroxylation is 1. The van der Waals surface area contributed by atoms with Crippen LogP contribution in [0.5, 0.6) is 0 Å². The van der Waals surface area contributed by atoms with Crippen LogP contribution < -0.4 is 4.72 Å². The summed E-state index contributed by atoms with van der Waals surface area (Å²) in [6.45, 7) is 3.66. The zero-order valence-corrected chi connectivity index (χ0v) is 13.3. The van der Waals surface area contributed by atoms with Gasteiger partial charge in [-0.1, -0.05) is 22.0 Å². The summed E-state index contributed by atoms with van der Waals surface area (Å²) in [6.07, 6.45) is 2.02. The largest absolute Gasteiger partial charge is 0.381 e. The summed E-state index contributed by atoms with van der Waals surface area (Å²) >= 11 is 3.30. The number of halogens is 1. The van der Waals surface area contributed by atoms with Crippen molar-refractivity contribution in [1.82, 2.24) is 4.72 Å². The number of hydrogen-bond donors (Lipinski definition) is 1. The maximum Gasteiger partial charge on any atom is 0.240 e. The van der Waals surface area contributed by atoms with Gasteiger partial charge in [-0.25, -0.2) is 13.1 Å². The van der Waals surface area contributed by atoms with Gasteiger partial charge < -0.3 is 4.74 Å². The molecule has 0 amide bonds. The summed E-state index contributed by atoms with van der Waals surface area (Å²) in [5.74, 6) is 0.274. The van der Waals surface area contributed by atoms with Crippen molar-refractivity contribution in [2.75, 3.05) is 19.8 Å². The van der Waals surface area contributed by atoms with Crippen molar-refractivity contribution in [3.05, 3.63) is 28.2 Å². The van der Waals surface area contributed by atoms with E-state index >= 15 is 0 Å². The van der Waals surface area contributed by atoms with E-state index in [0.29, 0.717) is 18.0 Å². The van der Waals surface area contributed by atoms with Crippen molar-refractivity contribution in [1.29, 1.82) is 0 Å². The van der Waals surface area contributed by atoms with Crippen LogP contribution in [0.1, 0.15) is 18.4 Å². The number of nitrogens with one attached hydrogen (secondary N) is 1. The van der Waals surface area contributed by atoms with Crippen LogP contribution in [0.3, 0.4) is 0 Å². The lowest BCUT2D eigenvalue weighted by Gasteiger charge is -2.22. The van der Waals surface area contributed by atoms with E-state index in [-0.39, 0.29) is 5.92 Å². The fraction of sp³-hybridized carbons (Fsp3) is 0.538. The van der Waals surface area contributed by atoms with Crippen molar-refractivity contribution < 1.29 is 13.2 Å². The van der Waals surface area contributed by atoms with Gasteiger partial charge in [-0.15, -0.1) is 0 Å². The molecule has 1 aromatic rings. The Kier molecular flexibility index (Phi) is 5.00. The molecule has 1 heterocycles. The molecule has 6 heteroatoms. The molecule has 1 aliphatic rings. The number of hydrogen-bond acceptors (Lipinski definition) is 3. The van der Waals surface area contributed by atoms with E-state index in [1.54, 1.807) is 19.1 Å². The lowest BCUT2D eigenvalue weighted by atomic mass is 10.0. The summed E-state index contributed by atoms with van der Waals surface area (Å²) in [7, 11) is -3.45. The smallest absolute Gasteiger partial charge is 0.240 e. The molecule has 1 aliphatic heterocycles. The van der Waals surface area contributed by atoms with E-state index in [9.17, 15) is 8.42 Å². The van der Waals surface area contributed by atoms with E-state index in [1.165, 1.54) is 0 Å². The molecule has 0 aliphatic carbocycles. The molecule has 1 unspecified atom stereocenters. The van der Waals surface area contributed by atoms with Gasteiger partial charge in [-0.2, -0.15) is 0 Å². The predicted molar refractivity (Wildman–Crippen MR) is 77.6 cm³/mol. The second-order valence-corrected chi connectivity index (χ2v) is 7.50. The Labute approximate surface area is 122 Å². The Hall–Kier alpha value is -0.430. The Morgan fingerprint density at radius 1 is 1.47 bits per heavy atom. The van der Waals surface area contributed by atoms with Gasteiger partial charge in [0.05, 0.1) is 11.5 Å². The average molecular weight is 348 g/mol. The monoisotopic (exact) mass is 347 g/mol. The first-order chi connectivity index (χ1) is 8.99. The van der Waals surface area contributed by atoms with Gasteiger partial charge in [-0.05, 0) is 43.4 Å². The molecule has 19 heavy (non-hydrogen) atoms. The van der Waals surface area contributed by atoms with Crippen LogP contribution in [0, 0.1) is 12.8 Å². The minimum atomic E-state index is -3.45. The van der Waals surface area contributed by atoms with Crippen LogP contribution in [0.15, 0.2) is 27.6 Å². The highest BCUT2D eigenvalue weighted by Crippen LogP contribution is 2.21. The highest BCUT2D eigenvalue weighted by atomic mass is 79.9. The number of sulfonamides is 1. The molecular weight excluding hydrogens is 330 g/mol. The van der Waals surface area contributed by atoms with Crippen molar-refractivity contribution in [2.24, 2.45) is 5.92 Å². The van der Waals surface area contributed by atoms with Crippen molar-refractivity contribution in [3.63, 3.8) is 0 Å². The minimum Gasteiger partial charge on any atom is -0.381 e. The molecule has 0 saturated carbocycles. The lowest BCUT2D eigenvalue weighted by molar-refractivity contribution is 0.0568. The maximum absolute atomic E-state index is 12.3. The van der Waals surface area contributed by atoms with Crippen LogP contribution in [0.25, 0.3) is 0 Å². The first-order valence-corrected chi connectivity index (χ1v) is 8.60. The summed E-state index contributed by atoms with van der Waals surface area (Å²) in [5, 5.41) is 0. The Morgan fingerprint density at radius 3 is 2.95 bits per heavy atom. The highest BCUT2D eigenvalue weighted by molar-refractivity contribution is 9.10. The topological polar surface area (TPSA) is 55.4 Å². The molecule has 106 valence electrons. The summed E-state index contributed by atoms with van der Waals surface area (Å²) in [4.78, 5) is 0.332. The van der Waals surface area contributed by atoms with E-state index in [1.807, 2.05) is 6.07 Å². The molecule has 1 aromatic carbocycles. The van der Waals surface area contributed by atoms with Gasteiger partial charge in [0.25, 0.3) is 0 Å². The second-order valence-electron chi connectivity index (χ2n) is 4.84. The van der Waals surface area contributed by atoms with Crippen LogP contribution in [-0.4, -0.2) is 28.2 Å². The van der Waals surface area contributed by atoms with Gasteiger partial charge in [0.1, 0.15) is 0 Å². The maximum atomic E-state index is 12.3. The van der Waals surface area contributed by atoms with Crippen molar-refractivity contribution in [2.45, 2.75) is 24.7 Å². The summed E-state index contributed by atoms with van der Waals surface area (Å²) in [6, 6.07) is 5.26. The van der Waals surface area contributed by atoms with Gasteiger partial charge in [0.15, 0.2) is 0 Å². The zero-order chi connectivity index (χ0) is 13.9. The van der Waals surface area contributed by atoms with Crippen molar-refractivity contribution in [3.8, 4) is 0 Å². The molecule has 1 atom stereocenters. The van der Waals surface area contributed by atoms with E-state index < -0.39 is 10.0 Å². The molecule has 1 saturated heterocycles. The van der Waals surface area contributed by atoms with Gasteiger partial charge in [0.2, 0.25) is 10.0 Å². The predicted octanol–water partition coefficient (Wildman–Crippen LogP) is 2.46. The van der Waals surface area contributed by atoms with E-state index in [0.717, 1.165) is 29.5 Å². The Morgan fingerprint density at radius 2 is 2.26 bits per heavy atom. The Balaban J connectivity index is 2.07. The average Bonchev–Trinajstić information content (AvgIpc) is 2.40. The summed E-state index contributed by atoms with van der Waals surface area (Å²) in [5.41, 5.74) is 0.746. The summed E-state index contributed by atoms with van der Waals surface area (Å²) < 4.78 is 33.4. The molecular formula is C13H18BrNO3S. The third kappa shape index (κ3) is 4.02. The quantitative estimate of drug-likeness (QED) is 0.910.